The Morgan fingerprint density at radius 2 is 0.964 bits per heavy atom. The van der Waals surface area contributed by atoms with Gasteiger partial charge >= 0.3 is 0 Å². The highest BCUT2D eigenvalue weighted by molar-refractivity contribution is 14.1. The Morgan fingerprint density at radius 1 is 0.545 bits per heavy atom. The molecule has 5 rings (SSSR count). The minimum absolute atomic E-state index is 0.0893. The van der Waals surface area contributed by atoms with E-state index in [0.29, 0.717) is 25.8 Å². The van der Waals surface area contributed by atoms with E-state index in [2.05, 4.69) is 43.9 Å². The first kappa shape index (κ1) is 40.8. The van der Waals surface area contributed by atoms with E-state index in [0.717, 1.165) is 41.8 Å². The van der Waals surface area contributed by atoms with Crippen molar-refractivity contribution in [3.8, 4) is 0 Å². The minimum atomic E-state index is -1.15. The maximum absolute atomic E-state index is 14.4. The number of unbranched alkanes of at least 4 members (excludes halogenated alkanes) is 1. The summed E-state index contributed by atoms with van der Waals surface area (Å²) in [5, 5.41) is 15.2. The molecule has 12 heteroatoms. The number of hydrogen-bond acceptors (Lipinski definition) is 6. The van der Waals surface area contributed by atoms with Crippen LogP contribution in [-0.2, 0) is 43.2 Å². The van der Waals surface area contributed by atoms with Gasteiger partial charge in [0, 0.05) is 29.8 Å². The molecule has 55 heavy (non-hydrogen) atoms. The molecule has 0 spiro atoms. The van der Waals surface area contributed by atoms with Crippen LogP contribution in [0.2, 0.25) is 0 Å². The van der Waals surface area contributed by atoms with E-state index in [1.54, 1.807) is 0 Å². The molecule has 0 radical (unpaired) electrons. The van der Waals surface area contributed by atoms with Crippen molar-refractivity contribution in [2.75, 3.05) is 6.54 Å². The first-order chi connectivity index (χ1) is 26.5. The van der Waals surface area contributed by atoms with Gasteiger partial charge in [-0.1, -0.05) is 97.1 Å². The molecule has 5 aromatic carbocycles. The normalized spacial score (nSPS) is 13.3. The van der Waals surface area contributed by atoms with Crippen molar-refractivity contribution in [2.45, 2.75) is 69.6 Å². The summed E-state index contributed by atoms with van der Waals surface area (Å²) in [7, 11) is 0. The lowest BCUT2D eigenvalue weighted by atomic mass is 9.98. The van der Waals surface area contributed by atoms with Gasteiger partial charge in [-0.05, 0) is 98.8 Å². The number of rotatable bonds is 18. The maximum atomic E-state index is 14.4. The predicted molar refractivity (Wildman–Crippen MR) is 224 cm³/mol. The second-order valence-electron chi connectivity index (χ2n) is 13.7. The summed E-state index contributed by atoms with van der Waals surface area (Å²) in [5.74, 6) is -2.86. The predicted octanol–water partition coefficient (Wildman–Crippen LogP) is 4.20. The van der Waals surface area contributed by atoms with E-state index < -0.39 is 53.7 Å². The van der Waals surface area contributed by atoms with Gasteiger partial charge in [-0.2, -0.15) is 0 Å². The van der Waals surface area contributed by atoms with Gasteiger partial charge < -0.3 is 32.7 Å². The van der Waals surface area contributed by atoms with E-state index in [-0.39, 0.29) is 19.3 Å². The number of primary amides is 1. The third kappa shape index (κ3) is 12.1. The molecule has 0 fully saturated rings. The first-order valence-electron chi connectivity index (χ1n) is 18.4. The van der Waals surface area contributed by atoms with E-state index in [1.165, 1.54) is 6.92 Å². The number of fused-ring (bicyclic) bond motifs is 2. The van der Waals surface area contributed by atoms with Gasteiger partial charge in [-0.3, -0.25) is 24.0 Å². The van der Waals surface area contributed by atoms with Gasteiger partial charge in [0.1, 0.15) is 24.2 Å². The summed E-state index contributed by atoms with van der Waals surface area (Å²) in [4.78, 5) is 67.1. The number of carbonyl (C=O) groups excluding carboxylic acids is 5. The van der Waals surface area contributed by atoms with Crippen LogP contribution >= 0.6 is 22.6 Å². The van der Waals surface area contributed by atoms with Gasteiger partial charge in [-0.15, -0.1) is 0 Å². The van der Waals surface area contributed by atoms with E-state index in [1.807, 2.05) is 109 Å². The summed E-state index contributed by atoms with van der Waals surface area (Å²) in [6.07, 6.45) is 1.89. The summed E-state index contributed by atoms with van der Waals surface area (Å²) < 4.78 is 1.02. The molecule has 0 saturated heterocycles. The summed E-state index contributed by atoms with van der Waals surface area (Å²) in [5.41, 5.74) is 13.7. The molecule has 286 valence electrons. The lowest BCUT2D eigenvalue weighted by Crippen LogP contribution is -2.59. The number of nitrogens with two attached hydrogens (primary N) is 2. The summed E-state index contributed by atoms with van der Waals surface area (Å²) >= 11 is 2.19. The van der Waals surface area contributed by atoms with Crippen LogP contribution in [0.15, 0.2) is 109 Å². The van der Waals surface area contributed by atoms with E-state index in [9.17, 15) is 24.0 Å². The van der Waals surface area contributed by atoms with Crippen molar-refractivity contribution in [1.82, 2.24) is 21.3 Å². The average molecular weight is 855 g/mol. The lowest BCUT2D eigenvalue weighted by Gasteiger charge is -2.26. The Bertz CT molecular complexity index is 2140. The monoisotopic (exact) mass is 854 g/mol. The fourth-order valence-corrected chi connectivity index (χ4v) is 6.89. The van der Waals surface area contributed by atoms with Crippen molar-refractivity contribution < 1.29 is 24.0 Å². The van der Waals surface area contributed by atoms with Crippen LogP contribution in [0.4, 0.5) is 0 Å². The Balaban J connectivity index is 1.45. The Labute approximate surface area is 334 Å². The molecular formula is C43H47IN6O5. The van der Waals surface area contributed by atoms with E-state index >= 15 is 0 Å². The smallest absolute Gasteiger partial charge is 0.243 e. The largest absolute Gasteiger partial charge is 0.368 e. The quantitative estimate of drug-likeness (QED) is 0.0567. The maximum Gasteiger partial charge on any atom is 0.243 e. The second-order valence-corrected chi connectivity index (χ2v) is 15.0. The summed E-state index contributed by atoms with van der Waals surface area (Å²) in [6.45, 7) is 1.76. The zero-order chi connectivity index (χ0) is 39.3. The highest BCUT2D eigenvalue weighted by atomic mass is 127. The van der Waals surface area contributed by atoms with Crippen molar-refractivity contribution in [1.29, 1.82) is 0 Å². The number of carbonyl (C=O) groups is 5. The average Bonchev–Trinajstić information content (AvgIpc) is 3.17. The fraction of sp³-hybridized carbons (Fsp3) is 0.279. The van der Waals surface area contributed by atoms with Crippen molar-refractivity contribution >= 4 is 73.7 Å². The molecule has 0 aliphatic rings. The molecule has 0 aliphatic heterocycles. The van der Waals surface area contributed by atoms with Gasteiger partial charge in [0.05, 0.1) is 0 Å². The molecule has 0 bridgehead atoms. The molecule has 0 saturated carbocycles. The minimum Gasteiger partial charge on any atom is -0.368 e. The van der Waals surface area contributed by atoms with Crippen LogP contribution in [0, 0.1) is 3.57 Å². The lowest BCUT2D eigenvalue weighted by molar-refractivity contribution is -0.134. The number of amides is 5. The third-order valence-electron chi connectivity index (χ3n) is 9.43. The molecule has 8 N–H and O–H groups in total. The van der Waals surface area contributed by atoms with Crippen LogP contribution in [0.3, 0.4) is 0 Å². The molecule has 0 heterocycles. The number of benzene rings is 5. The highest BCUT2D eigenvalue weighted by Gasteiger charge is 2.31. The number of halogens is 1. The van der Waals surface area contributed by atoms with Crippen LogP contribution < -0.4 is 32.7 Å². The van der Waals surface area contributed by atoms with E-state index in [4.69, 9.17) is 11.5 Å². The number of nitrogens with one attached hydrogen (secondary N) is 4. The zero-order valence-electron chi connectivity index (χ0n) is 30.7. The Hall–Kier alpha value is -5.34. The molecule has 5 amide bonds. The van der Waals surface area contributed by atoms with Crippen molar-refractivity contribution in [3.05, 3.63) is 129 Å². The summed E-state index contributed by atoms with van der Waals surface area (Å²) in [6, 6.07) is 30.5. The Morgan fingerprint density at radius 3 is 1.42 bits per heavy atom. The highest BCUT2D eigenvalue weighted by Crippen LogP contribution is 2.19. The van der Waals surface area contributed by atoms with Crippen LogP contribution in [0.1, 0.15) is 42.9 Å². The zero-order valence-corrected chi connectivity index (χ0v) is 32.9. The van der Waals surface area contributed by atoms with Crippen LogP contribution in [-0.4, -0.2) is 60.2 Å². The van der Waals surface area contributed by atoms with Gasteiger partial charge in [-0.25, -0.2) is 0 Å². The van der Waals surface area contributed by atoms with Gasteiger partial charge in [0.2, 0.25) is 29.5 Å². The SMILES string of the molecule is CC(=O)N[C@H](Cc1ccc(I)cc1)C(=O)N[C@H](Cc1ccc2ccccc2c1)C(=O)N[C@H](Cc1ccc2ccccc2c1)C(=O)N[C@H](CCCCN)C(N)=O. The molecule has 0 aromatic heterocycles. The molecule has 0 unspecified atom stereocenters. The fourth-order valence-electron chi connectivity index (χ4n) is 6.53. The van der Waals surface area contributed by atoms with Gasteiger partial charge in [0.15, 0.2) is 0 Å². The Kier molecular flexibility index (Phi) is 14.7. The van der Waals surface area contributed by atoms with Crippen molar-refractivity contribution in [2.24, 2.45) is 11.5 Å². The standard InChI is InChI=1S/C43H47IN6O5/c1-27(51)47-37(24-28-15-19-35(44)20-16-28)41(53)49-39(26-30-14-18-32-9-3-5-11-34(32)23-30)43(55)50-38(42(54)48-36(40(46)52)12-6-7-21-45)25-29-13-17-31-8-2-4-10-33(31)22-29/h2-5,8-11,13-20,22-23,36-39H,6-7,12,21,24-26,45H2,1H3,(H2,46,52)(H,47,51)(H,48,54)(H,49,53)(H,50,55)/t36-,37-,38-,39-/m1/s1. The topological polar surface area (TPSA) is 186 Å². The first-order valence-corrected chi connectivity index (χ1v) is 19.4. The van der Waals surface area contributed by atoms with Crippen LogP contribution in [0.5, 0.6) is 0 Å². The van der Waals surface area contributed by atoms with Crippen LogP contribution in [0.25, 0.3) is 21.5 Å². The molecule has 11 nitrogen and oxygen atoms in total. The van der Waals surface area contributed by atoms with Crippen molar-refractivity contribution in [3.63, 3.8) is 0 Å². The molecule has 4 atom stereocenters. The molecule has 0 aliphatic carbocycles. The second kappa shape index (κ2) is 19.8. The molecular weight excluding hydrogens is 807 g/mol. The number of hydrogen-bond donors (Lipinski definition) is 6. The third-order valence-corrected chi connectivity index (χ3v) is 10.1. The molecule has 5 aromatic rings. The van der Waals surface area contributed by atoms with Gasteiger partial charge in [0.25, 0.3) is 0 Å².